The number of rotatable bonds is 14. The number of esters is 2. The van der Waals surface area contributed by atoms with Gasteiger partial charge in [0.15, 0.2) is 6.61 Å². The fraction of sp³-hybridized carbons (Fsp3) is 0.724. The molecule has 0 aromatic heterocycles. The fourth-order valence-corrected chi connectivity index (χ4v) is 5.16. The van der Waals surface area contributed by atoms with Gasteiger partial charge < -0.3 is 41.0 Å². The highest BCUT2D eigenvalue weighted by Crippen LogP contribution is 2.25. The van der Waals surface area contributed by atoms with Crippen LogP contribution < -0.4 is 22.1 Å². The molecule has 0 aromatic carbocycles. The molecule has 12 heteroatoms. The third-order valence-electron chi connectivity index (χ3n) is 7.51. The highest BCUT2D eigenvalue weighted by molar-refractivity contribution is 5.93. The summed E-state index contributed by atoms with van der Waals surface area (Å²) in [7, 11) is 1.29. The van der Waals surface area contributed by atoms with E-state index in [1.165, 1.54) is 14.0 Å². The first kappa shape index (κ1) is 34.4. The predicted octanol–water partition coefficient (Wildman–Crippen LogP) is 1.15. The minimum atomic E-state index is -0.781. The molecular formula is C29H48N4O8. The molecule has 0 bridgehead atoms. The summed E-state index contributed by atoms with van der Waals surface area (Å²) < 4.78 is 22.5. The molecule has 6 N–H and O–H groups in total. The second kappa shape index (κ2) is 16.6. The number of amides is 2. The first-order valence-corrected chi connectivity index (χ1v) is 14.5. The Labute approximate surface area is 242 Å². The van der Waals surface area contributed by atoms with E-state index in [4.69, 9.17) is 30.4 Å². The van der Waals surface area contributed by atoms with Gasteiger partial charge in [-0.15, -0.1) is 0 Å². The molecule has 232 valence electrons. The Bertz CT molecular complexity index is 976. The SMILES string of the molecule is CCC(CC)O[C@H]1C=C(C(=O)OCC(=O)N[C@@H]2[C@@H](N)CC(C(=O)OC)=C[C@H]2OC(CC)CC)[C@H](NC(C)=O)[C@@H](N)C1. The minimum Gasteiger partial charge on any atom is -0.466 e. The topological polar surface area (TPSA) is 181 Å². The Balaban J connectivity index is 2.16. The van der Waals surface area contributed by atoms with E-state index in [-0.39, 0.29) is 30.1 Å². The first-order chi connectivity index (χ1) is 19.5. The molecule has 0 aromatic rings. The zero-order valence-electron chi connectivity index (χ0n) is 25.1. The number of nitrogens with one attached hydrogen (secondary N) is 2. The van der Waals surface area contributed by atoms with Crippen LogP contribution in [0, 0.1) is 0 Å². The quantitative estimate of drug-likeness (QED) is 0.218. The average molecular weight is 581 g/mol. The molecule has 0 saturated heterocycles. The molecule has 12 nitrogen and oxygen atoms in total. The Morgan fingerprint density at radius 3 is 2.07 bits per heavy atom. The molecular weight excluding hydrogens is 532 g/mol. The van der Waals surface area contributed by atoms with Gasteiger partial charge in [0.25, 0.3) is 5.91 Å². The van der Waals surface area contributed by atoms with E-state index in [0.29, 0.717) is 12.0 Å². The van der Waals surface area contributed by atoms with Crippen LogP contribution in [0.3, 0.4) is 0 Å². The van der Waals surface area contributed by atoms with Crippen LogP contribution in [-0.4, -0.2) is 86.1 Å². The Kier molecular flexibility index (Phi) is 13.9. The average Bonchev–Trinajstić information content (AvgIpc) is 2.95. The maximum absolute atomic E-state index is 13.2. The van der Waals surface area contributed by atoms with E-state index < -0.39 is 60.8 Å². The number of methoxy groups -OCH3 is 1. The zero-order valence-corrected chi connectivity index (χ0v) is 25.1. The third-order valence-corrected chi connectivity index (χ3v) is 7.51. The van der Waals surface area contributed by atoms with Gasteiger partial charge in [-0.3, -0.25) is 9.59 Å². The summed E-state index contributed by atoms with van der Waals surface area (Å²) in [5, 5.41) is 5.52. The Hall–Kier alpha value is -2.80. The van der Waals surface area contributed by atoms with E-state index in [2.05, 4.69) is 10.6 Å². The second-order valence-corrected chi connectivity index (χ2v) is 10.6. The number of nitrogens with two attached hydrogens (primary N) is 2. The molecule has 2 aliphatic rings. The maximum Gasteiger partial charge on any atom is 0.336 e. The van der Waals surface area contributed by atoms with Crippen molar-refractivity contribution in [1.29, 1.82) is 0 Å². The number of carbonyl (C=O) groups excluding carboxylic acids is 4. The molecule has 0 unspecified atom stereocenters. The van der Waals surface area contributed by atoms with Gasteiger partial charge in [0.2, 0.25) is 5.91 Å². The van der Waals surface area contributed by atoms with E-state index >= 15 is 0 Å². The van der Waals surface area contributed by atoms with Crippen LogP contribution in [0.15, 0.2) is 23.3 Å². The Morgan fingerprint density at radius 1 is 0.902 bits per heavy atom. The lowest BCUT2D eigenvalue weighted by atomic mass is 9.87. The van der Waals surface area contributed by atoms with Crippen molar-refractivity contribution in [1.82, 2.24) is 10.6 Å². The molecule has 0 spiro atoms. The summed E-state index contributed by atoms with van der Waals surface area (Å²) in [6, 6.07) is -2.67. The first-order valence-electron chi connectivity index (χ1n) is 14.5. The summed E-state index contributed by atoms with van der Waals surface area (Å²) >= 11 is 0. The summed E-state index contributed by atoms with van der Waals surface area (Å²) in [6.07, 6.45) is 5.69. The summed E-state index contributed by atoms with van der Waals surface area (Å²) in [5.74, 6) is -2.22. The second-order valence-electron chi connectivity index (χ2n) is 10.6. The molecule has 0 fully saturated rings. The van der Waals surface area contributed by atoms with E-state index in [1.54, 1.807) is 12.2 Å². The Morgan fingerprint density at radius 2 is 1.51 bits per heavy atom. The zero-order chi connectivity index (χ0) is 30.7. The number of carbonyl (C=O) groups is 4. The standard InChI is InChI=1S/C29H48N4O8/c1-7-18(8-2)40-20-13-21(26(23(31)14-20)32-16(5)34)29(37)39-15-25(35)33-27-22(30)11-17(28(36)38-6)12-24(27)41-19(9-3)10-4/h12-13,18-20,22-24,26-27H,7-11,14-15,30-31H2,1-6H3,(H,32,34)(H,33,35)/t20-,22-,23-,24+,26-,27+/m0/s1. The fourth-order valence-electron chi connectivity index (χ4n) is 5.16. The van der Waals surface area contributed by atoms with Gasteiger partial charge in [0.05, 0.1) is 49.2 Å². The third kappa shape index (κ3) is 9.91. The molecule has 0 heterocycles. The van der Waals surface area contributed by atoms with Gasteiger partial charge in [-0.25, -0.2) is 9.59 Å². The molecule has 2 aliphatic carbocycles. The van der Waals surface area contributed by atoms with Crippen molar-refractivity contribution in [3.63, 3.8) is 0 Å². The van der Waals surface area contributed by atoms with Crippen LogP contribution in [0.1, 0.15) is 73.1 Å². The molecule has 41 heavy (non-hydrogen) atoms. The van der Waals surface area contributed by atoms with Crippen molar-refractivity contribution in [3.8, 4) is 0 Å². The van der Waals surface area contributed by atoms with Crippen molar-refractivity contribution in [2.45, 2.75) is 122 Å². The van der Waals surface area contributed by atoms with Gasteiger partial charge in [-0.05, 0) is 50.7 Å². The predicted molar refractivity (Wildman–Crippen MR) is 152 cm³/mol. The lowest BCUT2D eigenvalue weighted by molar-refractivity contribution is -0.146. The summed E-state index contributed by atoms with van der Waals surface area (Å²) in [5.41, 5.74) is 13.2. The van der Waals surface area contributed by atoms with Crippen molar-refractivity contribution < 1.29 is 38.1 Å². The lowest BCUT2D eigenvalue weighted by Crippen LogP contribution is -2.58. The molecule has 0 aliphatic heterocycles. The van der Waals surface area contributed by atoms with E-state index in [9.17, 15) is 19.2 Å². The van der Waals surface area contributed by atoms with Crippen LogP contribution in [0.4, 0.5) is 0 Å². The molecule has 6 atom stereocenters. The van der Waals surface area contributed by atoms with Crippen LogP contribution in [0.25, 0.3) is 0 Å². The number of ether oxygens (including phenoxy) is 4. The molecule has 0 radical (unpaired) electrons. The van der Waals surface area contributed by atoms with Gasteiger partial charge in [-0.2, -0.15) is 0 Å². The molecule has 0 saturated carbocycles. The van der Waals surface area contributed by atoms with Crippen molar-refractivity contribution >= 4 is 23.8 Å². The van der Waals surface area contributed by atoms with Crippen molar-refractivity contribution in [3.05, 3.63) is 23.3 Å². The molecule has 2 rings (SSSR count). The maximum atomic E-state index is 13.2. The van der Waals surface area contributed by atoms with Gasteiger partial charge in [-0.1, -0.05) is 27.7 Å². The van der Waals surface area contributed by atoms with Crippen LogP contribution in [0.5, 0.6) is 0 Å². The van der Waals surface area contributed by atoms with E-state index in [0.717, 1.165) is 25.7 Å². The highest BCUT2D eigenvalue weighted by Gasteiger charge is 2.38. The number of hydrogen-bond acceptors (Lipinski definition) is 10. The van der Waals surface area contributed by atoms with Crippen molar-refractivity contribution in [2.24, 2.45) is 11.5 Å². The smallest absolute Gasteiger partial charge is 0.336 e. The van der Waals surface area contributed by atoms with Gasteiger partial charge >= 0.3 is 11.9 Å². The lowest BCUT2D eigenvalue weighted by Gasteiger charge is -2.36. The number of hydrogen-bond donors (Lipinski definition) is 4. The normalized spacial score (nSPS) is 26.2. The summed E-state index contributed by atoms with van der Waals surface area (Å²) in [6.45, 7) is 8.73. The van der Waals surface area contributed by atoms with Crippen LogP contribution in [0.2, 0.25) is 0 Å². The summed E-state index contributed by atoms with van der Waals surface area (Å²) in [4.78, 5) is 50.1. The monoisotopic (exact) mass is 580 g/mol. The van der Waals surface area contributed by atoms with Crippen molar-refractivity contribution in [2.75, 3.05) is 13.7 Å². The minimum absolute atomic E-state index is 0.00700. The highest BCUT2D eigenvalue weighted by atomic mass is 16.5. The van der Waals surface area contributed by atoms with Crippen LogP contribution >= 0.6 is 0 Å². The van der Waals surface area contributed by atoms with E-state index in [1.807, 2.05) is 27.7 Å². The molecule has 2 amide bonds. The van der Waals surface area contributed by atoms with Gasteiger partial charge in [0.1, 0.15) is 0 Å². The largest absolute Gasteiger partial charge is 0.466 e. The van der Waals surface area contributed by atoms with Gasteiger partial charge in [0, 0.05) is 24.6 Å². The van der Waals surface area contributed by atoms with Crippen LogP contribution in [-0.2, 0) is 38.1 Å².